The molecule has 1 aliphatic heterocycles. The van der Waals surface area contributed by atoms with Crippen molar-refractivity contribution >= 4 is 17.5 Å². The Morgan fingerprint density at radius 1 is 1.09 bits per heavy atom. The minimum Gasteiger partial charge on any atom is -0.495 e. The summed E-state index contributed by atoms with van der Waals surface area (Å²) in [5, 5.41) is 5.47. The third-order valence-electron chi connectivity index (χ3n) is 5.94. The summed E-state index contributed by atoms with van der Waals surface area (Å²) in [5.41, 5.74) is 5.06. The fraction of sp³-hybridized carbons (Fsp3) is 0.269. The Kier molecular flexibility index (Phi) is 7.00. The highest BCUT2D eigenvalue weighted by Gasteiger charge is 2.26. The third kappa shape index (κ3) is 5.38. The molecule has 0 spiro atoms. The minimum absolute atomic E-state index is 0.0997. The molecular formula is C26H28N4O3. The van der Waals surface area contributed by atoms with Crippen molar-refractivity contribution in [2.75, 3.05) is 25.5 Å². The average molecular weight is 445 g/mol. The number of nitrogens with one attached hydrogen (secondary N) is 2. The summed E-state index contributed by atoms with van der Waals surface area (Å²) in [4.78, 5) is 31.8. The lowest BCUT2D eigenvalue weighted by Crippen LogP contribution is -2.43. The average Bonchev–Trinajstić information content (AvgIpc) is 2.84. The highest BCUT2D eigenvalue weighted by atomic mass is 16.5. The molecule has 2 N–H and O–H groups in total. The van der Waals surface area contributed by atoms with E-state index in [1.807, 2.05) is 37.4 Å². The lowest BCUT2D eigenvalue weighted by Gasteiger charge is -2.35. The first-order valence-electron chi connectivity index (χ1n) is 11.0. The Balaban J connectivity index is 1.46. The number of anilines is 1. The molecule has 2 aromatic carbocycles. The van der Waals surface area contributed by atoms with Crippen LogP contribution >= 0.6 is 0 Å². The highest BCUT2D eigenvalue weighted by molar-refractivity contribution is 6.39. The number of hydrogen-bond acceptors (Lipinski definition) is 5. The molecule has 1 aliphatic rings. The van der Waals surface area contributed by atoms with Crippen LogP contribution in [0.4, 0.5) is 5.69 Å². The van der Waals surface area contributed by atoms with E-state index in [1.54, 1.807) is 18.3 Å². The standard InChI is InChI=1S/C26H28N4O3/c1-18-9-10-24(33-2)22(14-18)29-26(32)25(31)28-16-23(20-8-5-12-27-15-20)30-13-11-19-6-3-4-7-21(19)17-30/h3-10,12,14-15,23H,11,13,16-17H2,1-2H3,(H,28,31)(H,29,32)/t23-/m0/s1. The van der Waals surface area contributed by atoms with Crippen LogP contribution in [0.3, 0.4) is 0 Å². The quantitative estimate of drug-likeness (QED) is 0.571. The SMILES string of the molecule is COc1ccc(C)cc1NC(=O)C(=O)NC[C@@H](c1cccnc1)N1CCc2ccccc2C1. The zero-order valence-corrected chi connectivity index (χ0v) is 18.9. The van der Waals surface area contributed by atoms with Crippen LogP contribution in [0.1, 0.15) is 28.3 Å². The summed E-state index contributed by atoms with van der Waals surface area (Å²) in [7, 11) is 1.52. The maximum absolute atomic E-state index is 12.7. The smallest absolute Gasteiger partial charge is 0.313 e. The van der Waals surface area contributed by atoms with Gasteiger partial charge in [0.05, 0.1) is 18.8 Å². The Morgan fingerprint density at radius 2 is 1.91 bits per heavy atom. The van der Waals surface area contributed by atoms with E-state index in [1.165, 1.54) is 18.2 Å². The van der Waals surface area contributed by atoms with E-state index >= 15 is 0 Å². The van der Waals surface area contributed by atoms with Crippen molar-refractivity contribution in [3.8, 4) is 5.75 Å². The van der Waals surface area contributed by atoms with Gasteiger partial charge in [0.1, 0.15) is 5.75 Å². The molecule has 0 saturated heterocycles. The van der Waals surface area contributed by atoms with Crippen LogP contribution in [0.15, 0.2) is 67.0 Å². The van der Waals surface area contributed by atoms with E-state index in [0.29, 0.717) is 18.0 Å². The number of carbonyl (C=O) groups excluding carboxylic acids is 2. The van der Waals surface area contributed by atoms with Crippen molar-refractivity contribution in [3.05, 3.63) is 89.2 Å². The van der Waals surface area contributed by atoms with Crippen LogP contribution < -0.4 is 15.4 Å². The van der Waals surface area contributed by atoms with Gasteiger partial charge in [-0.3, -0.25) is 19.5 Å². The summed E-state index contributed by atoms with van der Waals surface area (Å²) >= 11 is 0. The van der Waals surface area contributed by atoms with Crippen LogP contribution in [0.2, 0.25) is 0 Å². The number of hydrogen-bond donors (Lipinski definition) is 2. The lowest BCUT2D eigenvalue weighted by atomic mass is 9.97. The van der Waals surface area contributed by atoms with E-state index in [4.69, 9.17) is 4.74 Å². The zero-order chi connectivity index (χ0) is 23.2. The summed E-state index contributed by atoms with van der Waals surface area (Å²) < 4.78 is 5.28. The molecule has 1 aromatic heterocycles. The molecule has 7 nitrogen and oxygen atoms in total. The number of nitrogens with zero attached hydrogens (tertiary/aromatic N) is 2. The van der Waals surface area contributed by atoms with Crippen LogP contribution in [-0.2, 0) is 22.6 Å². The lowest BCUT2D eigenvalue weighted by molar-refractivity contribution is -0.136. The summed E-state index contributed by atoms with van der Waals surface area (Å²) in [6.45, 7) is 3.84. The zero-order valence-electron chi connectivity index (χ0n) is 18.9. The molecule has 170 valence electrons. The molecule has 1 atom stereocenters. The van der Waals surface area contributed by atoms with E-state index < -0.39 is 11.8 Å². The Morgan fingerprint density at radius 3 is 2.67 bits per heavy atom. The Hall–Kier alpha value is -3.71. The molecule has 0 saturated carbocycles. The Labute approximate surface area is 193 Å². The van der Waals surface area contributed by atoms with Crippen molar-refractivity contribution < 1.29 is 14.3 Å². The molecule has 0 aliphatic carbocycles. The van der Waals surface area contributed by atoms with Crippen molar-refractivity contribution in [2.45, 2.75) is 25.9 Å². The van der Waals surface area contributed by atoms with Crippen molar-refractivity contribution in [2.24, 2.45) is 0 Å². The first kappa shape index (κ1) is 22.5. The molecule has 2 heterocycles. The summed E-state index contributed by atoms with van der Waals surface area (Å²) in [6.07, 6.45) is 4.48. The molecule has 7 heteroatoms. The van der Waals surface area contributed by atoms with Crippen LogP contribution in [0, 0.1) is 6.92 Å². The first-order valence-corrected chi connectivity index (χ1v) is 11.0. The normalized spacial score (nSPS) is 14.1. The van der Waals surface area contributed by atoms with Gasteiger partial charge in [-0.05, 0) is 53.8 Å². The predicted octanol–water partition coefficient (Wildman–Crippen LogP) is 3.25. The van der Waals surface area contributed by atoms with Gasteiger partial charge in [-0.25, -0.2) is 0 Å². The maximum Gasteiger partial charge on any atom is 0.313 e. The number of rotatable bonds is 6. The topological polar surface area (TPSA) is 83.6 Å². The fourth-order valence-corrected chi connectivity index (χ4v) is 4.18. The third-order valence-corrected chi connectivity index (χ3v) is 5.94. The molecule has 4 rings (SSSR count). The number of aryl methyl sites for hydroxylation is 1. The first-order chi connectivity index (χ1) is 16.0. The van der Waals surface area contributed by atoms with Gasteiger partial charge in [0.25, 0.3) is 0 Å². The van der Waals surface area contributed by atoms with E-state index in [9.17, 15) is 9.59 Å². The second kappa shape index (κ2) is 10.3. The van der Waals surface area contributed by atoms with Crippen LogP contribution in [0.25, 0.3) is 0 Å². The molecule has 33 heavy (non-hydrogen) atoms. The minimum atomic E-state index is -0.729. The largest absolute Gasteiger partial charge is 0.495 e. The van der Waals surface area contributed by atoms with Gasteiger partial charge in [0.15, 0.2) is 0 Å². The number of fused-ring (bicyclic) bond motifs is 1. The van der Waals surface area contributed by atoms with Crippen LogP contribution in [0.5, 0.6) is 5.75 Å². The number of pyridine rings is 1. The number of aromatic nitrogens is 1. The second-order valence-corrected chi connectivity index (χ2v) is 8.16. The predicted molar refractivity (Wildman–Crippen MR) is 127 cm³/mol. The van der Waals surface area contributed by atoms with Gasteiger partial charge in [-0.1, -0.05) is 36.4 Å². The van der Waals surface area contributed by atoms with E-state index in [0.717, 1.165) is 30.6 Å². The van der Waals surface area contributed by atoms with Gasteiger partial charge in [-0.15, -0.1) is 0 Å². The molecule has 0 radical (unpaired) electrons. The molecule has 2 amide bonds. The molecule has 3 aromatic rings. The van der Waals surface area contributed by atoms with Gasteiger partial charge in [-0.2, -0.15) is 0 Å². The summed E-state index contributed by atoms with van der Waals surface area (Å²) in [5.74, 6) is -0.917. The van der Waals surface area contributed by atoms with Crippen molar-refractivity contribution in [1.29, 1.82) is 0 Å². The molecular weight excluding hydrogens is 416 g/mol. The molecule has 0 bridgehead atoms. The van der Waals surface area contributed by atoms with Gasteiger partial charge >= 0.3 is 11.8 Å². The number of methoxy groups -OCH3 is 1. The van der Waals surface area contributed by atoms with Crippen molar-refractivity contribution in [3.63, 3.8) is 0 Å². The van der Waals surface area contributed by atoms with Gasteiger partial charge < -0.3 is 15.4 Å². The summed E-state index contributed by atoms with van der Waals surface area (Å²) in [6, 6.07) is 17.6. The maximum atomic E-state index is 12.7. The molecule has 0 unspecified atom stereocenters. The fourth-order valence-electron chi connectivity index (χ4n) is 4.18. The van der Waals surface area contributed by atoms with E-state index in [-0.39, 0.29) is 6.04 Å². The number of ether oxygens (including phenoxy) is 1. The number of carbonyl (C=O) groups is 2. The second-order valence-electron chi connectivity index (χ2n) is 8.16. The van der Waals surface area contributed by atoms with Gasteiger partial charge in [0, 0.05) is 32.0 Å². The van der Waals surface area contributed by atoms with Crippen molar-refractivity contribution in [1.82, 2.24) is 15.2 Å². The monoisotopic (exact) mass is 444 g/mol. The highest BCUT2D eigenvalue weighted by Crippen LogP contribution is 2.28. The van der Waals surface area contributed by atoms with Crippen LogP contribution in [-0.4, -0.2) is 41.9 Å². The van der Waals surface area contributed by atoms with Gasteiger partial charge in [0.2, 0.25) is 0 Å². The Bertz CT molecular complexity index is 1130. The molecule has 0 fully saturated rings. The number of benzene rings is 2. The number of amides is 2. The van der Waals surface area contributed by atoms with E-state index in [2.05, 4.69) is 38.7 Å².